The van der Waals surface area contributed by atoms with Crippen LogP contribution in [0.15, 0.2) is 34.7 Å². The van der Waals surface area contributed by atoms with E-state index < -0.39 is 15.3 Å². The second kappa shape index (κ2) is 6.98. The zero-order valence-corrected chi connectivity index (χ0v) is 13.6. The predicted octanol–water partition coefficient (Wildman–Crippen LogP) is 1.46. The topological polar surface area (TPSA) is 85.2 Å². The van der Waals surface area contributed by atoms with E-state index in [0.717, 1.165) is 5.56 Å². The molecule has 7 heteroatoms. The fraction of sp³-hybridized carbons (Fsp3) is 0.562. The molecule has 3 atom stereocenters. The predicted molar refractivity (Wildman–Crippen MR) is 86.0 cm³/mol. The summed E-state index contributed by atoms with van der Waals surface area (Å²) in [6, 6.07) is 9.71. The van der Waals surface area contributed by atoms with Crippen molar-refractivity contribution in [2.45, 2.75) is 36.5 Å². The van der Waals surface area contributed by atoms with Crippen molar-refractivity contribution in [1.29, 1.82) is 0 Å². The van der Waals surface area contributed by atoms with Crippen LogP contribution in [-0.2, 0) is 19.5 Å². The van der Waals surface area contributed by atoms with E-state index in [1.807, 2.05) is 30.3 Å². The zero-order chi connectivity index (χ0) is 16.3. The molecule has 0 spiro atoms. The SMILES string of the molecule is O=S1(=O)N=C(C[C@@H](CCO)c2ccccc2)OC2CCOCC21. The van der Waals surface area contributed by atoms with E-state index in [-0.39, 0.29) is 31.1 Å². The summed E-state index contributed by atoms with van der Waals surface area (Å²) in [4.78, 5) is 0. The smallest absolute Gasteiger partial charge is 0.265 e. The van der Waals surface area contributed by atoms with E-state index in [9.17, 15) is 13.5 Å². The third-order valence-electron chi connectivity index (χ3n) is 4.31. The highest BCUT2D eigenvalue weighted by Crippen LogP contribution is 2.30. The van der Waals surface area contributed by atoms with Gasteiger partial charge in [0.1, 0.15) is 11.4 Å². The van der Waals surface area contributed by atoms with Crippen LogP contribution in [0.4, 0.5) is 0 Å². The molecule has 0 saturated carbocycles. The van der Waals surface area contributed by atoms with Crippen LogP contribution in [0.5, 0.6) is 0 Å². The molecule has 1 aromatic carbocycles. The van der Waals surface area contributed by atoms with Gasteiger partial charge in [0.05, 0.1) is 13.2 Å². The molecule has 23 heavy (non-hydrogen) atoms. The van der Waals surface area contributed by atoms with E-state index in [4.69, 9.17) is 9.47 Å². The van der Waals surface area contributed by atoms with Crippen molar-refractivity contribution < 1.29 is 23.0 Å². The summed E-state index contributed by atoms with van der Waals surface area (Å²) >= 11 is 0. The maximum absolute atomic E-state index is 12.3. The first-order chi connectivity index (χ1) is 11.1. The number of rotatable bonds is 5. The van der Waals surface area contributed by atoms with Gasteiger partial charge in [0, 0.05) is 19.4 Å². The Kier molecular flexibility index (Phi) is 4.99. The van der Waals surface area contributed by atoms with Gasteiger partial charge in [0.25, 0.3) is 10.0 Å². The van der Waals surface area contributed by atoms with Crippen LogP contribution in [0.3, 0.4) is 0 Å². The Morgan fingerprint density at radius 1 is 1.30 bits per heavy atom. The Labute approximate surface area is 136 Å². The van der Waals surface area contributed by atoms with Crippen molar-refractivity contribution >= 4 is 15.9 Å². The molecule has 2 aliphatic rings. The lowest BCUT2D eigenvalue weighted by atomic mass is 9.93. The average Bonchev–Trinajstić information content (AvgIpc) is 2.55. The second-order valence-corrected chi connectivity index (χ2v) is 7.70. The van der Waals surface area contributed by atoms with Crippen LogP contribution in [0.25, 0.3) is 0 Å². The number of fused-ring (bicyclic) bond motifs is 1. The van der Waals surface area contributed by atoms with Crippen LogP contribution in [0.1, 0.15) is 30.7 Å². The molecule has 1 aromatic rings. The first-order valence-corrected chi connectivity index (χ1v) is 9.33. The van der Waals surface area contributed by atoms with E-state index in [1.165, 1.54) is 0 Å². The number of aliphatic hydroxyl groups is 1. The van der Waals surface area contributed by atoms with Gasteiger partial charge in [-0.2, -0.15) is 0 Å². The van der Waals surface area contributed by atoms with Crippen molar-refractivity contribution in [2.75, 3.05) is 19.8 Å². The molecule has 1 saturated heterocycles. The fourth-order valence-corrected chi connectivity index (χ4v) is 4.45. The average molecular weight is 339 g/mol. The van der Waals surface area contributed by atoms with Crippen LogP contribution < -0.4 is 0 Å². The van der Waals surface area contributed by atoms with Crippen LogP contribution in [0.2, 0.25) is 0 Å². The number of aliphatic hydroxyl groups excluding tert-OH is 1. The highest BCUT2D eigenvalue weighted by Gasteiger charge is 2.42. The molecule has 0 radical (unpaired) electrons. The van der Waals surface area contributed by atoms with Gasteiger partial charge in [-0.1, -0.05) is 30.3 Å². The number of sulfonamides is 1. The van der Waals surface area contributed by atoms with Gasteiger partial charge in [-0.05, 0) is 17.9 Å². The van der Waals surface area contributed by atoms with Gasteiger partial charge < -0.3 is 14.6 Å². The molecular formula is C16H21NO5S. The first kappa shape index (κ1) is 16.4. The Balaban J connectivity index is 1.81. The summed E-state index contributed by atoms with van der Waals surface area (Å²) in [6.45, 7) is 0.671. The van der Waals surface area contributed by atoms with E-state index in [1.54, 1.807) is 0 Å². The Morgan fingerprint density at radius 3 is 2.83 bits per heavy atom. The van der Waals surface area contributed by atoms with Gasteiger partial charge in [0.2, 0.25) is 5.90 Å². The standard InChI is InChI=1S/C16H21NO5S/c18-8-6-13(12-4-2-1-3-5-12)10-16-17-23(19,20)15-11-21-9-7-14(15)22-16/h1-5,13-15,18H,6-11H2/t13-,14?,15?/m1/s1. The van der Waals surface area contributed by atoms with Crippen molar-refractivity contribution in [2.24, 2.45) is 4.40 Å². The Bertz CT molecular complexity index is 658. The van der Waals surface area contributed by atoms with Gasteiger partial charge in [0.15, 0.2) is 0 Å². The number of benzene rings is 1. The first-order valence-electron chi connectivity index (χ1n) is 7.83. The molecule has 1 N–H and O–H groups in total. The van der Waals surface area contributed by atoms with Crippen LogP contribution in [-0.4, -0.2) is 50.6 Å². The molecule has 2 heterocycles. The van der Waals surface area contributed by atoms with E-state index >= 15 is 0 Å². The second-order valence-electron chi connectivity index (χ2n) is 5.88. The Morgan fingerprint density at radius 2 is 2.09 bits per heavy atom. The summed E-state index contributed by atoms with van der Waals surface area (Å²) < 4.78 is 39.5. The van der Waals surface area contributed by atoms with E-state index in [0.29, 0.717) is 25.9 Å². The van der Waals surface area contributed by atoms with Crippen molar-refractivity contribution in [3.8, 4) is 0 Å². The lowest BCUT2D eigenvalue weighted by Crippen LogP contribution is -2.47. The molecule has 2 unspecified atom stereocenters. The third kappa shape index (κ3) is 3.73. The summed E-state index contributed by atoms with van der Waals surface area (Å²) in [6.07, 6.45) is 1.07. The highest BCUT2D eigenvalue weighted by atomic mass is 32.2. The van der Waals surface area contributed by atoms with Crippen LogP contribution >= 0.6 is 0 Å². The third-order valence-corrected chi connectivity index (χ3v) is 5.98. The van der Waals surface area contributed by atoms with Gasteiger partial charge in [-0.15, -0.1) is 4.40 Å². The normalized spacial score (nSPS) is 27.4. The number of ether oxygens (including phenoxy) is 2. The molecule has 6 nitrogen and oxygen atoms in total. The molecule has 0 bridgehead atoms. The maximum Gasteiger partial charge on any atom is 0.265 e. The van der Waals surface area contributed by atoms with Crippen molar-refractivity contribution in [3.63, 3.8) is 0 Å². The molecular weight excluding hydrogens is 318 g/mol. The minimum atomic E-state index is -3.60. The monoisotopic (exact) mass is 339 g/mol. The lowest BCUT2D eigenvalue weighted by molar-refractivity contribution is 0.0197. The summed E-state index contributed by atoms with van der Waals surface area (Å²) in [7, 11) is -3.60. The minimum Gasteiger partial charge on any atom is -0.475 e. The van der Waals surface area contributed by atoms with Gasteiger partial charge in [-0.25, -0.2) is 8.42 Å². The summed E-state index contributed by atoms with van der Waals surface area (Å²) in [5, 5.41) is 8.60. The Hall–Kier alpha value is -1.44. The maximum atomic E-state index is 12.3. The van der Waals surface area contributed by atoms with E-state index in [2.05, 4.69) is 4.40 Å². The minimum absolute atomic E-state index is 0.0217. The molecule has 1 fully saturated rings. The molecule has 0 aliphatic carbocycles. The quantitative estimate of drug-likeness (QED) is 0.878. The van der Waals surface area contributed by atoms with Gasteiger partial charge >= 0.3 is 0 Å². The number of nitrogens with zero attached hydrogens (tertiary/aromatic N) is 1. The van der Waals surface area contributed by atoms with Crippen molar-refractivity contribution in [3.05, 3.63) is 35.9 Å². The molecule has 3 rings (SSSR count). The lowest BCUT2D eigenvalue weighted by Gasteiger charge is -2.34. The molecule has 0 aromatic heterocycles. The molecule has 0 amide bonds. The fourth-order valence-electron chi connectivity index (χ4n) is 3.07. The number of hydrogen-bond donors (Lipinski definition) is 1. The largest absolute Gasteiger partial charge is 0.475 e. The molecule has 126 valence electrons. The zero-order valence-electron chi connectivity index (χ0n) is 12.8. The number of hydrogen-bond acceptors (Lipinski definition) is 5. The van der Waals surface area contributed by atoms with Crippen LogP contribution in [0, 0.1) is 0 Å². The molecule has 2 aliphatic heterocycles. The van der Waals surface area contributed by atoms with Gasteiger partial charge in [-0.3, -0.25) is 0 Å². The summed E-state index contributed by atoms with van der Waals surface area (Å²) in [5.74, 6) is 0.224. The van der Waals surface area contributed by atoms with Crippen molar-refractivity contribution in [1.82, 2.24) is 0 Å². The summed E-state index contributed by atoms with van der Waals surface area (Å²) in [5.41, 5.74) is 1.04. The highest BCUT2D eigenvalue weighted by molar-refractivity contribution is 7.91.